The molecule has 7 heteroatoms. The van der Waals surface area contributed by atoms with Crippen molar-refractivity contribution in [3.8, 4) is 0 Å². The fraction of sp³-hybridized carbons (Fsp3) is 0.231. The molecule has 6 nitrogen and oxygen atoms in total. The third-order valence-corrected chi connectivity index (χ3v) is 6.17. The number of benzene rings is 3. The molecule has 4 rings (SSSR count). The Kier molecular flexibility index (Phi) is 6.96. The van der Waals surface area contributed by atoms with Gasteiger partial charge in [0.2, 0.25) is 0 Å². The van der Waals surface area contributed by atoms with Crippen molar-refractivity contribution in [2.24, 2.45) is 5.73 Å². The summed E-state index contributed by atoms with van der Waals surface area (Å²) in [6.45, 7) is 3.27. The summed E-state index contributed by atoms with van der Waals surface area (Å²) in [7, 11) is 0. The van der Waals surface area contributed by atoms with Gasteiger partial charge in [-0.1, -0.05) is 41.9 Å². The number of rotatable bonds is 7. The molecule has 5 N–H and O–H groups in total. The summed E-state index contributed by atoms with van der Waals surface area (Å²) in [5.74, 6) is 0.417. The van der Waals surface area contributed by atoms with Crippen molar-refractivity contribution >= 4 is 40.4 Å². The lowest BCUT2D eigenvalue weighted by molar-refractivity contribution is -0.117. The summed E-state index contributed by atoms with van der Waals surface area (Å²) in [4.78, 5) is 15.5. The monoisotopic (exact) mass is 461 g/mol. The highest BCUT2D eigenvalue weighted by atomic mass is 35.5. The van der Waals surface area contributed by atoms with Crippen LogP contribution >= 0.6 is 11.6 Å². The number of anilines is 3. The molecule has 0 aliphatic carbocycles. The number of nitrogens with two attached hydrogens (primary N) is 1. The number of nitrogens with one attached hydrogen (secondary N) is 3. The zero-order valence-electron chi connectivity index (χ0n) is 18.6. The normalized spacial score (nSPS) is 14.3. The molecule has 170 valence electrons. The van der Waals surface area contributed by atoms with Crippen molar-refractivity contribution in [3.63, 3.8) is 0 Å². The average Bonchev–Trinajstić information content (AvgIpc) is 3.24. The van der Waals surface area contributed by atoms with Crippen molar-refractivity contribution in [1.29, 1.82) is 5.41 Å². The fourth-order valence-corrected chi connectivity index (χ4v) is 4.38. The van der Waals surface area contributed by atoms with Crippen LogP contribution in [0.25, 0.3) is 0 Å². The maximum Gasteiger partial charge on any atom is 0.251 e. The number of carbonyl (C=O) groups is 1. The van der Waals surface area contributed by atoms with E-state index in [1.807, 2.05) is 72.5 Å². The molecule has 0 saturated carbocycles. The molecule has 0 radical (unpaired) electrons. The lowest BCUT2D eigenvalue weighted by Gasteiger charge is -2.23. The van der Waals surface area contributed by atoms with Gasteiger partial charge in [-0.2, -0.15) is 0 Å². The first-order valence-electron chi connectivity index (χ1n) is 11.0. The molecule has 1 aliphatic rings. The SMILES string of the molecule is Cc1cc(NC(=O)C(Nc2cccc(CN)c2)c2ccccc2Cl)ccc1N1CCCC1=N. The smallest absolute Gasteiger partial charge is 0.251 e. The fourth-order valence-electron chi connectivity index (χ4n) is 4.14. The van der Waals surface area contributed by atoms with Crippen molar-refractivity contribution in [1.82, 2.24) is 0 Å². The molecule has 1 fully saturated rings. The summed E-state index contributed by atoms with van der Waals surface area (Å²) in [6, 6.07) is 20.1. The highest BCUT2D eigenvalue weighted by molar-refractivity contribution is 6.31. The molecule has 1 unspecified atom stereocenters. The van der Waals surface area contributed by atoms with Gasteiger partial charge in [-0.15, -0.1) is 0 Å². The molecule has 1 atom stereocenters. The first-order valence-corrected chi connectivity index (χ1v) is 11.4. The van der Waals surface area contributed by atoms with Gasteiger partial charge in [0.1, 0.15) is 11.9 Å². The van der Waals surface area contributed by atoms with Crippen LogP contribution in [0.2, 0.25) is 5.02 Å². The molecule has 3 aromatic carbocycles. The predicted octanol–water partition coefficient (Wildman–Crippen LogP) is 5.48. The van der Waals surface area contributed by atoms with E-state index < -0.39 is 6.04 Å². The molecule has 1 aliphatic heterocycles. The lowest BCUT2D eigenvalue weighted by Crippen LogP contribution is -2.28. The minimum Gasteiger partial charge on any atom is -0.370 e. The number of hydrogen-bond acceptors (Lipinski definition) is 4. The second kappa shape index (κ2) is 10.1. The Morgan fingerprint density at radius 2 is 1.94 bits per heavy atom. The number of aryl methyl sites for hydroxylation is 1. The predicted molar refractivity (Wildman–Crippen MR) is 136 cm³/mol. The van der Waals surface area contributed by atoms with Crippen LogP contribution in [0.15, 0.2) is 66.7 Å². The number of carbonyl (C=O) groups excluding carboxylic acids is 1. The van der Waals surface area contributed by atoms with E-state index in [2.05, 4.69) is 10.6 Å². The van der Waals surface area contributed by atoms with Crippen LogP contribution < -0.4 is 21.3 Å². The first kappa shape index (κ1) is 22.8. The van der Waals surface area contributed by atoms with Crippen LogP contribution in [0.3, 0.4) is 0 Å². The quantitative estimate of drug-likeness (QED) is 0.375. The van der Waals surface area contributed by atoms with Gasteiger partial charge in [0.15, 0.2) is 0 Å². The van der Waals surface area contributed by atoms with Gasteiger partial charge in [-0.05, 0) is 60.9 Å². The average molecular weight is 462 g/mol. The summed E-state index contributed by atoms with van der Waals surface area (Å²) in [6.07, 6.45) is 1.79. The van der Waals surface area contributed by atoms with Gasteiger partial charge in [0.25, 0.3) is 5.91 Å². The lowest BCUT2D eigenvalue weighted by atomic mass is 10.0. The molecule has 3 aromatic rings. The number of amides is 1. The molecular weight excluding hydrogens is 434 g/mol. The molecule has 0 aromatic heterocycles. The first-order chi connectivity index (χ1) is 16.0. The number of amidine groups is 1. The Balaban J connectivity index is 1.59. The van der Waals surface area contributed by atoms with Gasteiger partial charge >= 0.3 is 0 Å². The third-order valence-electron chi connectivity index (χ3n) is 5.83. The molecule has 1 saturated heterocycles. The molecule has 33 heavy (non-hydrogen) atoms. The zero-order chi connectivity index (χ0) is 23.4. The third kappa shape index (κ3) is 5.18. The molecule has 1 amide bonds. The van der Waals surface area contributed by atoms with Crippen LogP contribution in [-0.2, 0) is 11.3 Å². The Morgan fingerprint density at radius 3 is 2.64 bits per heavy atom. The van der Waals surface area contributed by atoms with E-state index >= 15 is 0 Å². The molecule has 0 spiro atoms. The van der Waals surface area contributed by atoms with Crippen molar-refractivity contribution in [2.75, 3.05) is 22.1 Å². The Hall–Kier alpha value is -3.35. The number of hydrogen-bond donors (Lipinski definition) is 4. The van der Waals surface area contributed by atoms with Crippen LogP contribution in [0.4, 0.5) is 17.1 Å². The summed E-state index contributed by atoms with van der Waals surface area (Å²) < 4.78 is 0. The molecular formula is C26H28ClN5O. The highest BCUT2D eigenvalue weighted by Gasteiger charge is 2.24. The summed E-state index contributed by atoms with van der Waals surface area (Å²) in [5.41, 5.74) is 10.9. The van der Waals surface area contributed by atoms with Crippen LogP contribution in [0.1, 0.15) is 35.6 Å². The van der Waals surface area contributed by atoms with E-state index in [1.54, 1.807) is 6.07 Å². The Bertz CT molecular complexity index is 1180. The summed E-state index contributed by atoms with van der Waals surface area (Å²) in [5, 5.41) is 15.0. The maximum absolute atomic E-state index is 13.4. The van der Waals surface area contributed by atoms with Gasteiger partial charge in [-0.3, -0.25) is 10.2 Å². The van der Waals surface area contributed by atoms with Gasteiger partial charge in [0.05, 0.1) is 0 Å². The minimum absolute atomic E-state index is 0.220. The molecule has 0 bridgehead atoms. The second-order valence-electron chi connectivity index (χ2n) is 8.20. The zero-order valence-corrected chi connectivity index (χ0v) is 19.3. The van der Waals surface area contributed by atoms with E-state index in [1.165, 1.54) is 0 Å². The van der Waals surface area contributed by atoms with Crippen LogP contribution in [0.5, 0.6) is 0 Å². The van der Waals surface area contributed by atoms with Gasteiger partial charge in [0, 0.05) is 47.2 Å². The van der Waals surface area contributed by atoms with E-state index in [0.717, 1.165) is 41.9 Å². The molecule has 1 heterocycles. The van der Waals surface area contributed by atoms with Crippen LogP contribution in [-0.4, -0.2) is 18.3 Å². The van der Waals surface area contributed by atoms with E-state index in [0.29, 0.717) is 28.7 Å². The minimum atomic E-state index is -0.696. The Morgan fingerprint density at radius 1 is 1.12 bits per heavy atom. The van der Waals surface area contributed by atoms with Crippen LogP contribution in [0, 0.1) is 12.3 Å². The Labute approximate surface area is 199 Å². The van der Waals surface area contributed by atoms with E-state index in [4.69, 9.17) is 22.7 Å². The topological polar surface area (TPSA) is 94.2 Å². The highest BCUT2D eigenvalue weighted by Crippen LogP contribution is 2.30. The van der Waals surface area contributed by atoms with Gasteiger partial charge in [-0.25, -0.2) is 0 Å². The van der Waals surface area contributed by atoms with Gasteiger partial charge < -0.3 is 21.3 Å². The summed E-state index contributed by atoms with van der Waals surface area (Å²) >= 11 is 6.46. The van der Waals surface area contributed by atoms with E-state index in [9.17, 15) is 4.79 Å². The number of halogens is 1. The van der Waals surface area contributed by atoms with E-state index in [-0.39, 0.29) is 5.91 Å². The largest absolute Gasteiger partial charge is 0.370 e. The van der Waals surface area contributed by atoms with Crippen molar-refractivity contribution in [3.05, 3.63) is 88.4 Å². The standard InChI is InChI=1S/C26H28ClN5O/c1-17-14-20(11-12-23(17)32-13-5-10-24(32)29)31-26(33)25(21-8-2-3-9-22(21)27)30-19-7-4-6-18(15-19)16-28/h2-4,6-9,11-12,14-15,25,29-30H,5,10,13,16,28H2,1H3,(H,31,33). The maximum atomic E-state index is 13.4. The second-order valence-corrected chi connectivity index (χ2v) is 8.60. The number of nitrogens with zero attached hydrogens (tertiary/aromatic N) is 1. The van der Waals surface area contributed by atoms with Crippen molar-refractivity contribution < 1.29 is 4.79 Å². The van der Waals surface area contributed by atoms with Crippen molar-refractivity contribution in [2.45, 2.75) is 32.4 Å².